The third-order valence-electron chi connectivity index (χ3n) is 6.19. The summed E-state index contributed by atoms with van der Waals surface area (Å²) in [7, 11) is 0. The van der Waals surface area contributed by atoms with Crippen molar-refractivity contribution >= 4 is 16.9 Å². The summed E-state index contributed by atoms with van der Waals surface area (Å²) in [5.41, 5.74) is 7.51. The van der Waals surface area contributed by atoms with Crippen molar-refractivity contribution < 1.29 is 4.74 Å². The molecule has 34 heavy (non-hydrogen) atoms. The first-order valence-electron chi connectivity index (χ1n) is 11.5. The van der Waals surface area contributed by atoms with Crippen molar-refractivity contribution in [2.45, 2.75) is 20.4 Å². The first kappa shape index (κ1) is 20.4. The summed E-state index contributed by atoms with van der Waals surface area (Å²) in [6.07, 6.45) is 0. The van der Waals surface area contributed by atoms with E-state index in [-0.39, 0.29) is 0 Å². The number of nitrogens with one attached hydrogen (secondary N) is 1. The third-order valence-corrected chi connectivity index (χ3v) is 6.19. The zero-order valence-electron chi connectivity index (χ0n) is 19.2. The Balaban J connectivity index is 1.35. The van der Waals surface area contributed by atoms with Crippen LogP contribution in [-0.4, -0.2) is 33.1 Å². The second kappa shape index (κ2) is 8.30. The minimum absolute atomic E-state index is 0.607. The number of aryl methyl sites for hydroxylation is 2. The molecular formula is C28H25N5O. The minimum atomic E-state index is 0.607. The first-order valence-corrected chi connectivity index (χ1v) is 11.5. The van der Waals surface area contributed by atoms with Crippen LogP contribution in [0.4, 0.5) is 5.82 Å². The van der Waals surface area contributed by atoms with Gasteiger partial charge in [0, 0.05) is 23.7 Å². The molecule has 0 saturated heterocycles. The number of hydrogen-bond acceptors (Lipinski definition) is 5. The number of anilines is 1. The van der Waals surface area contributed by atoms with Crippen LogP contribution in [0.1, 0.15) is 17.2 Å². The normalized spacial score (nSPS) is 13.4. The molecule has 0 fully saturated rings. The van der Waals surface area contributed by atoms with E-state index < -0.39 is 0 Å². The van der Waals surface area contributed by atoms with Crippen LogP contribution in [0.5, 0.6) is 5.75 Å². The van der Waals surface area contributed by atoms with Crippen LogP contribution in [0, 0.1) is 13.8 Å². The van der Waals surface area contributed by atoms with E-state index in [0.29, 0.717) is 6.61 Å². The molecule has 0 radical (unpaired) electrons. The molecule has 0 unspecified atom stereocenters. The van der Waals surface area contributed by atoms with Crippen molar-refractivity contribution in [3.8, 4) is 28.1 Å². The van der Waals surface area contributed by atoms with Crippen LogP contribution in [0.25, 0.3) is 33.4 Å². The molecule has 1 aliphatic heterocycles. The SMILES string of the molecule is Cc1nc(-c2ccccc2)cc(N2CCOc3ccc(-c4ccc5nc(C)[nH]c5c4)cc3C2)n1. The lowest BCUT2D eigenvalue weighted by molar-refractivity contribution is 0.331. The molecule has 1 aliphatic rings. The largest absolute Gasteiger partial charge is 0.491 e. The van der Waals surface area contributed by atoms with Crippen LogP contribution in [0.3, 0.4) is 0 Å². The number of hydrogen-bond donors (Lipinski definition) is 1. The van der Waals surface area contributed by atoms with Crippen molar-refractivity contribution in [2.75, 3.05) is 18.1 Å². The van der Waals surface area contributed by atoms with Gasteiger partial charge in [0.15, 0.2) is 0 Å². The number of aromatic nitrogens is 4. The third kappa shape index (κ3) is 3.88. The molecule has 0 atom stereocenters. The van der Waals surface area contributed by atoms with Crippen molar-refractivity contribution in [1.29, 1.82) is 0 Å². The van der Waals surface area contributed by atoms with Crippen molar-refractivity contribution in [1.82, 2.24) is 19.9 Å². The molecule has 0 bridgehead atoms. The summed E-state index contributed by atoms with van der Waals surface area (Å²) in [6, 6.07) is 25.1. The number of fused-ring (bicyclic) bond motifs is 2. The summed E-state index contributed by atoms with van der Waals surface area (Å²) in [6.45, 7) is 6.01. The summed E-state index contributed by atoms with van der Waals surface area (Å²) >= 11 is 0. The molecule has 168 valence electrons. The molecule has 3 aromatic carbocycles. The first-order chi connectivity index (χ1) is 16.6. The highest BCUT2D eigenvalue weighted by Crippen LogP contribution is 2.32. The highest BCUT2D eigenvalue weighted by molar-refractivity contribution is 5.82. The van der Waals surface area contributed by atoms with Crippen LogP contribution in [0.2, 0.25) is 0 Å². The van der Waals surface area contributed by atoms with Gasteiger partial charge in [-0.05, 0) is 49.2 Å². The van der Waals surface area contributed by atoms with Gasteiger partial charge in [-0.15, -0.1) is 0 Å². The molecule has 0 amide bonds. The summed E-state index contributed by atoms with van der Waals surface area (Å²) in [5.74, 6) is 3.54. The van der Waals surface area contributed by atoms with Gasteiger partial charge in [-0.25, -0.2) is 15.0 Å². The topological polar surface area (TPSA) is 66.9 Å². The van der Waals surface area contributed by atoms with E-state index in [1.54, 1.807) is 0 Å². The van der Waals surface area contributed by atoms with E-state index >= 15 is 0 Å². The highest BCUT2D eigenvalue weighted by Gasteiger charge is 2.19. The Morgan fingerprint density at radius 2 is 1.65 bits per heavy atom. The Labute approximate surface area is 198 Å². The average molecular weight is 448 g/mol. The smallest absolute Gasteiger partial charge is 0.133 e. The Kier molecular flexibility index (Phi) is 4.99. The number of H-pyrrole nitrogens is 1. The fourth-order valence-corrected chi connectivity index (χ4v) is 4.56. The number of rotatable bonds is 3. The number of nitrogens with zero attached hydrogens (tertiary/aromatic N) is 4. The minimum Gasteiger partial charge on any atom is -0.491 e. The Morgan fingerprint density at radius 3 is 2.53 bits per heavy atom. The van der Waals surface area contributed by atoms with E-state index in [9.17, 15) is 0 Å². The molecule has 0 saturated carbocycles. The maximum Gasteiger partial charge on any atom is 0.133 e. The van der Waals surface area contributed by atoms with Gasteiger partial charge in [0.2, 0.25) is 0 Å². The van der Waals surface area contributed by atoms with Crippen LogP contribution < -0.4 is 9.64 Å². The molecular weight excluding hydrogens is 422 g/mol. The summed E-state index contributed by atoms with van der Waals surface area (Å²) in [5, 5.41) is 0. The van der Waals surface area contributed by atoms with Gasteiger partial charge in [-0.2, -0.15) is 0 Å². The maximum atomic E-state index is 6.11. The molecule has 5 aromatic rings. The summed E-state index contributed by atoms with van der Waals surface area (Å²) < 4.78 is 6.11. The molecule has 1 N–H and O–H groups in total. The Bertz CT molecular complexity index is 1490. The maximum absolute atomic E-state index is 6.11. The van der Waals surface area contributed by atoms with E-state index in [2.05, 4.69) is 74.4 Å². The summed E-state index contributed by atoms with van der Waals surface area (Å²) in [4.78, 5) is 19.6. The van der Waals surface area contributed by atoms with Gasteiger partial charge >= 0.3 is 0 Å². The fraction of sp³-hybridized carbons (Fsp3) is 0.179. The molecule has 3 heterocycles. The molecule has 6 rings (SSSR count). The van der Waals surface area contributed by atoms with E-state index in [4.69, 9.17) is 9.72 Å². The number of aromatic amines is 1. The van der Waals surface area contributed by atoms with Crippen LogP contribution in [0.15, 0.2) is 72.8 Å². The zero-order chi connectivity index (χ0) is 23.1. The van der Waals surface area contributed by atoms with Gasteiger partial charge in [-0.3, -0.25) is 0 Å². The van der Waals surface area contributed by atoms with Crippen molar-refractivity contribution in [2.24, 2.45) is 0 Å². The van der Waals surface area contributed by atoms with Gasteiger partial charge in [-0.1, -0.05) is 42.5 Å². The predicted molar refractivity (Wildman–Crippen MR) is 135 cm³/mol. The highest BCUT2D eigenvalue weighted by atomic mass is 16.5. The van der Waals surface area contributed by atoms with Crippen molar-refractivity contribution in [3.05, 3.63) is 90.0 Å². The molecule has 2 aromatic heterocycles. The average Bonchev–Trinajstić information content (AvgIpc) is 3.09. The molecule has 0 spiro atoms. The van der Waals surface area contributed by atoms with Gasteiger partial charge in [0.25, 0.3) is 0 Å². The number of ether oxygens (including phenoxy) is 1. The fourth-order valence-electron chi connectivity index (χ4n) is 4.56. The Morgan fingerprint density at radius 1 is 0.824 bits per heavy atom. The lowest BCUT2D eigenvalue weighted by Gasteiger charge is -2.22. The van der Waals surface area contributed by atoms with E-state index in [1.807, 2.05) is 32.0 Å². The Hall–Kier alpha value is -4.19. The van der Waals surface area contributed by atoms with E-state index in [0.717, 1.165) is 75.3 Å². The quantitative estimate of drug-likeness (QED) is 0.384. The molecule has 0 aliphatic carbocycles. The van der Waals surface area contributed by atoms with Crippen LogP contribution in [-0.2, 0) is 6.54 Å². The second-order valence-corrected chi connectivity index (χ2v) is 8.67. The lowest BCUT2D eigenvalue weighted by atomic mass is 10.0. The monoisotopic (exact) mass is 447 g/mol. The standard InChI is InChI=1S/C28H25N5O/c1-18-29-24-10-8-22(15-26(24)31-18)21-9-11-27-23(14-21)17-33(12-13-34-27)28-16-25(30-19(2)32-28)20-6-4-3-5-7-20/h3-11,14-16H,12-13,17H2,1-2H3,(H,29,31). The van der Waals surface area contributed by atoms with Crippen molar-refractivity contribution in [3.63, 3.8) is 0 Å². The van der Waals surface area contributed by atoms with E-state index in [1.165, 1.54) is 0 Å². The van der Waals surface area contributed by atoms with Gasteiger partial charge in [0.1, 0.15) is 29.8 Å². The molecule has 6 heteroatoms. The zero-order valence-corrected chi connectivity index (χ0v) is 19.2. The number of benzene rings is 3. The lowest BCUT2D eigenvalue weighted by Crippen LogP contribution is -2.26. The number of imidazole rings is 1. The predicted octanol–water partition coefficient (Wildman–Crippen LogP) is 5.70. The van der Waals surface area contributed by atoms with Gasteiger partial charge in [0.05, 0.1) is 23.3 Å². The second-order valence-electron chi connectivity index (χ2n) is 8.67. The molecule has 6 nitrogen and oxygen atoms in total. The van der Waals surface area contributed by atoms with Gasteiger partial charge < -0.3 is 14.6 Å². The van der Waals surface area contributed by atoms with Crippen LogP contribution >= 0.6 is 0 Å².